The molecule has 198 valence electrons. The summed E-state index contributed by atoms with van der Waals surface area (Å²) in [6, 6.07) is 4.88. The van der Waals surface area contributed by atoms with Crippen molar-refractivity contribution in [2.75, 3.05) is 5.32 Å². The van der Waals surface area contributed by atoms with Crippen molar-refractivity contribution in [1.82, 2.24) is 34.8 Å². The van der Waals surface area contributed by atoms with E-state index in [1.807, 2.05) is 19.1 Å². The molecule has 38 heavy (non-hydrogen) atoms. The first-order valence-corrected chi connectivity index (χ1v) is 12.0. The maximum absolute atomic E-state index is 14.0. The minimum atomic E-state index is -1.48. The molecular formula is C25H27FN8O4. The predicted octanol–water partition coefficient (Wildman–Crippen LogP) is 1.49. The Balaban J connectivity index is 1.55. The van der Waals surface area contributed by atoms with E-state index in [1.54, 1.807) is 20.0 Å². The Morgan fingerprint density at radius 3 is 2.74 bits per heavy atom. The summed E-state index contributed by atoms with van der Waals surface area (Å²) in [5.74, 6) is -0.631. The van der Waals surface area contributed by atoms with Gasteiger partial charge in [0, 0.05) is 24.0 Å². The van der Waals surface area contributed by atoms with Crippen molar-refractivity contribution in [3.63, 3.8) is 0 Å². The van der Waals surface area contributed by atoms with Gasteiger partial charge in [-0.3, -0.25) is 19.3 Å². The topological polar surface area (TPSA) is 160 Å². The quantitative estimate of drug-likeness (QED) is 0.280. The van der Waals surface area contributed by atoms with E-state index in [0.29, 0.717) is 23.4 Å². The molecule has 1 aliphatic heterocycles. The molecule has 4 aromatic heterocycles. The highest BCUT2D eigenvalue weighted by Gasteiger charge is 2.48. The van der Waals surface area contributed by atoms with Crippen LogP contribution in [0.4, 0.5) is 10.2 Å². The van der Waals surface area contributed by atoms with Gasteiger partial charge < -0.3 is 25.6 Å². The molecular weight excluding hydrogens is 495 g/mol. The van der Waals surface area contributed by atoms with E-state index < -0.39 is 36.3 Å². The Hall–Kier alpha value is -4.07. The number of ether oxygens (including phenoxy) is 1. The number of carbonyl (C=O) groups excluding carboxylic acids is 1. The van der Waals surface area contributed by atoms with E-state index in [4.69, 9.17) is 4.74 Å². The van der Waals surface area contributed by atoms with Crippen molar-refractivity contribution < 1.29 is 24.1 Å². The molecule has 1 amide bonds. The van der Waals surface area contributed by atoms with Crippen LogP contribution in [0.25, 0.3) is 22.6 Å². The maximum atomic E-state index is 14.0. The second-order valence-electron chi connectivity index (χ2n) is 9.38. The molecule has 5 heterocycles. The van der Waals surface area contributed by atoms with E-state index in [1.165, 1.54) is 23.2 Å². The molecule has 0 aliphatic carbocycles. The number of imidazole rings is 1. The molecule has 0 spiro atoms. The van der Waals surface area contributed by atoms with Gasteiger partial charge in [-0.15, -0.1) is 0 Å². The summed E-state index contributed by atoms with van der Waals surface area (Å²) >= 11 is 0. The number of nitrogens with zero attached hydrogens (tertiary/aromatic N) is 6. The van der Waals surface area contributed by atoms with Gasteiger partial charge in [-0.1, -0.05) is 0 Å². The first kappa shape index (κ1) is 25.6. The van der Waals surface area contributed by atoms with Crippen molar-refractivity contribution in [2.24, 2.45) is 0 Å². The number of aliphatic hydroxyl groups excluding tert-OH is 2. The van der Waals surface area contributed by atoms with Crippen molar-refractivity contribution in [3.05, 3.63) is 60.2 Å². The van der Waals surface area contributed by atoms with Crippen molar-refractivity contribution >= 4 is 22.9 Å². The predicted molar refractivity (Wildman–Crippen MR) is 134 cm³/mol. The zero-order valence-electron chi connectivity index (χ0n) is 20.9. The van der Waals surface area contributed by atoms with Gasteiger partial charge in [-0.05, 0) is 44.5 Å². The zero-order chi connectivity index (χ0) is 27.0. The summed E-state index contributed by atoms with van der Waals surface area (Å²) in [6.07, 6.45) is 0.191. The molecule has 4 atom stereocenters. The Bertz CT molecular complexity index is 1480. The van der Waals surface area contributed by atoms with E-state index >= 15 is 0 Å². The number of carbonyl (C=O) groups is 1. The lowest BCUT2D eigenvalue weighted by Crippen LogP contribution is -2.45. The number of halogens is 1. The highest BCUT2D eigenvalue weighted by atomic mass is 19.1. The number of aryl methyl sites for hydroxylation is 1. The molecule has 0 bridgehead atoms. The lowest BCUT2D eigenvalue weighted by Gasteiger charge is -2.17. The average Bonchev–Trinajstić information content (AvgIpc) is 3.43. The molecule has 0 unspecified atom stereocenters. The summed E-state index contributed by atoms with van der Waals surface area (Å²) in [5.41, 5.74) is 2.70. The fourth-order valence-corrected chi connectivity index (χ4v) is 4.23. The molecule has 12 nitrogen and oxygen atoms in total. The first-order chi connectivity index (χ1) is 18.2. The molecule has 1 saturated heterocycles. The van der Waals surface area contributed by atoms with Gasteiger partial charge in [-0.2, -0.15) is 0 Å². The van der Waals surface area contributed by atoms with Crippen LogP contribution in [0, 0.1) is 12.7 Å². The number of amides is 1. The fourth-order valence-electron chi connectivity index (χ4n) is 4.23. The van der Waals surface area contributed by atoms with Gasteiger partial charge in [-0.25, -0.2) is 19.3 Å². The summed E-state index contributed by atoms with van der Waals surface area (Å²) in [5, 5.41) is 27.2. The third kappa shape index (κ3) is 5.03. The Morgan fingerprint density at radius 1 is 1.18 bits per heavy atom. The van der Waals surface area contributed by atoms with Gasteiger partial charge >= 0.3 is 0 Å². The maximum Gasteiger partial charge on any atom is 0.252 e. The van der Waals surface area contributed by atoms with Crippen LogP contribution in [0.2, 0.25) is 0 Å². The summed E-state index contributed by atoms with van der Waals surface area (Å²) in [6.45, 7) is 5.83. The van der Waals surface area contributed by atoms with Crippen molar-refractivity contribution in [1.29, 1.82) is 0 Å². The number of nitrogens with one attached hydrogen (secondary N) is 2. The van der Waals surface area contributed by atoms with Crippen LogP contribution in [0.5, 0.6) is 0 Å². The number of hydrogen-bond donors (Lipinski definition) is 4. The number of aliphatic hydroxyl groups is 2. The normalized spacial score (nSPS) is 21.2. The standard InChI is InChI=1S/C25H27FN8O4/c1-12(2)31-24(37)20-18(35)19(36)25(38-20)34-11-30-17-22(29-10-16-6-13(3)4-5-28-16)32-21(33-23(17)34)14-7-15(26)9-27-8-14/h4-9,11-12,18-20,25,35-36H,10H2,1-3H3,(H,31,37)(H,29,32,33)/t18-,19+,20-,25+/m0/s1. The molecule has 0 radical (unpaired) electrons. The SMILES string of the molecule is Cc1ccnc(CNc2nc(-c3cncc(F)c3)nc3c2ncn3[C@@H]2O[C@H](C(=O)NC(C)C)[C@@H](O)[C@H]2O)c1. The van der Waals surface area contributed by atoms with E-state index in [9.17, 15) is 19.4 Å². The van der Waals surface area contributed by atoms with Crippen LogP contribution in [0.1, 0.15) is 31.3 Å². The first-order valence-electron chi connectivity index (χ1n) is 12.0. The number of fused-ring (bicyclic) bond motifs is 1. The molecule has 1 aliphatic rings. The minimum absolute atomic E-state index is 0.146. The number of anilines is 1. The van der Waals surface area contributed by atoms with Crippen LogP contribution in [0.3, 0.4) is 0 Å². The third-order valence-electron chi connectivity index (χ3n) is 6.00. The van der Waals surface area contributed by atoms with Crippen molar-refractivity contribution in [3.8, 4) is 11.4 Å². The second kappa shape index (κ2) is 10.4. The van der Waals surface area contributed by atoms with Gasteiger partial charge in [0.2, 0.25) is 0 Å². The monoisotopic (exact) mass is 522 g/mol. The average molecular weight is 523 g/mol. The Morgan fingerprint density at radius 2 is 2.00 bits per heavy atom. The largest absolute Gasteiger partial charge is 0.387 e. The Labute approximate surface area is 217 Å². The summed E-state index contributed by atoms with van der Waals surface area (Å²) in [4.78, 5) is 34.3. The van der Waals surface area contributed by atoms with Crippen LogP contribution in [0.15, 0.2) is 43.1 Å². The minimum Gasteiger partial charge on any atom is -0.387 e. The summed E-state index contributed by atoms with van der Waals surface area (Å²) in [7, 11) is 0. The van der Waals surface area contributed by atoms with Gasteiger partial charge in [0.15, 0.2) is 35.1 Å². The van der Waals surface area contributed by atoms with E-state index in [2.05, 4.69) is 35.6 Å². The number of pyridine rings is 2. The van der Waals surface area contributed by atoms with Crippen LogP contribution < -0.4 is 10.6 Å². The van der Waals surface area contributed by atoms with Crippen molar-refractivity contribution in [2.45, 2.75) is 57.9 Å². The van der Waals surface area contributed by atoms with Gasteiger partial charge in [0.05, 0.1) is 24.8 Å². The highest BCUT2D eigenvalue weighted by Crippen LogP contribution is 2.33. The molecule has 13 heteroatoms. The highest BCUT2D eigenvalue weighted by molar-refractivity contribution is 5.85. The van der Waals surface area contributed by atoms with E-state index in [-0.39, 0.29) is 17.5 Å². The lowest BCUT2D eigenvalue weighted by molar-refractivity contribution is -0.138. The van der Waals surface area contributed by atoms with Crippen LogP contribution >= 0.6 is 0 Å². The van der Waals surface area contributed by atoms with Crippen LogP contribution in [-0.4, -0.2) is 70.0 Å². The summed E-state index contributed by atoms with van der Waals surface area (Å²) < 4.78 is 21.2. The zero-order valence-corrected chi connectivity index (χ0v) is 20.9. The van der Waals surface area contributed by atoms with Gasteiger partial charge in [0.1, 0.15) is 18.0 Å². The number of rotatable bonds is 7. The molecule has 4 aromatic rings. The smallest absolute Gasteiger partial charge is 0.252 e. The lowest BCUT2D eigenvalue weighted by atomic mass is 10.1. The molecule has 0 saturated carbocycles. The number of hydrogen-bond acceptors (Lipinski definition) is 10. The van der Waals surface area contributed by atoms with Gasteiger partial charge in [0.25, 0.3) is 5.91 Å². The fraction of sp³-hybridized carbons (Fsp3) is 0.360. The van der Waals surface area contributed by atoms with Crippen LogP contribution in [-0.2, 0) is 16.1 Å². The molecule has 1 fully saturated rings. The number of aromatic nitrogens is 6. The molecule has 5 rings (SSSR count). The van der Waals surface area contributed by atoms with E-state index in [0.717, 1.165) is 17.5 Å². The molecule has 0 aromatic carbocycles. The molecule has 4 N–H and O–H groups in total. The second-order valence-corrected chi connectivity index (χ2v) is 9.38. The third-order valence-corrected chi connectivity index (χ3v) is 6.00. The Kier molecular flexibility index (Phi) is 6.97.